The summed E-state index contributed by atoms with van der Waals surface area (Å²) < 4.78 is 0.780. The van der Waals surface area contributed by atoms with Crippen molar-refractivity contribution in [2.75, 3.05) is 5.32 Å². The number of hydrogen-bond acceptors (Lipinski definition) is 2. The first kappa shape index (κ1) is 16.8. The summed E-state index contributed by atoms with van der Waals surface area (Å²) in [5.41, 5.74) is 6.65. The van der Waals surface area contributed by atoms with Crippen LogP contribution in [0.4, 0.5) is 5.69 Å². The van der Waals surface area contributed by atoms with Gasteiger partial charge in [0, 0.05) is 22.1 Å². The standard InChI is InChI=1S/C13H16BrClN2O.ClH/c14-11-7-10(4-5-12(11)15)17-13(18)8-2-1-3-9(16)6-8;/h4-5,7-9H,1-3,6,16H2,(H,17,18);1H. The number of amides is 1. The molecule has 1 aromatic rings. The molecule has 19 heavy (non-hydrogen) atoms. The van der Waals surface area contributed by atoms with Crippen LogP contribution >= 0.6 is 39.9 Å². The van der Waals surface area contributed by atoms with Gasteiger partial charge in [0.05, 0.1) is 5.02 Å². The number of rotatable bonds is 2. The van der Waals surface area contributed by atoms with Crippen LogP contribution in [0.2, 0.25) is 5.02 Å². The second kappa shape index (κ2) is 7.48. The smallest absolute Gasteiger partial charge is 0.227 e. The zero-order valence-corrected chi connectivity index (χ0v) is 13.5. The van der Waals surface area contributed by atoms with Gasteiger partial charge in [0.1, 0.15) is 0 Å². The van der Waals surface area contributed by atoms with Gasteiger partial charge in [0.15, 0.2) is 0 Å². The zero-order chi connectivity index (χ0) is 13.1. The molecule has 0 saturated heterocycles. The van der Waals surface area contributed by atoms with E-state index in [0.717, 1.165) is 35.8 Å². The Morgan fingerprint density at radius 2 is 2.16 bits per heavy atom. The Hall–Kier alpha value is -0.290. The summed E-state index contributed by atoms with van der Waals surface area (Å²) in [5, 5.41) is 3.55. The minimum Gasteiger partial charge on any atom is -0.328 e. The molecule has 0 aliphatic heterocycles. The van der Waals surface area contributed by atoms with E-state index < -0.39 is 0 Å². The van der Waals surface area contributed by atoms with Gasteiger partial charge in [0.25, 0.3) is 0 Å². The Kier molecular flexibility index (Phi) is 6.60. The third-order valence-electron chi connectivity index (χ3n) is 3.27. The minimum atomic E-state index is 0. The van der Waals surface area contributed by atoms with Crippen LogP contribution < -0.4 is 11.1 Å². The van der Waals surface area contributed by atoms with Crippen LogP contribution in [0.5, 0.6) is 0 Å². The highest BCUT2D eigenvalue weighted by atomic mass is 79.9. The molecule has 0 radical (unpaired) electrons. The summed E-state index contributed by atoms with van der Waals surface area (Å²) in [5.74, 6) is 0.0857. The highest BCUT2D eigenvalue weighted by molar-refractivity contribution is 9.10. The van der Waals surface area contributed by atoms with Gasteiger partial charge >= 0.3 is 0 Å². The molecule has 1 aromatic carbocycles. The maximum absolute atomic E-state index is 12.1. The van der Waals surface area contributed by atoms with Gasteiger partial charge in [-0.25, -0.2) is 0 Å². The fourth-order valence-corrected chi connectivity index (χ4v) is 2.78. The molecule has 2 rings (SSSR count). The molecule has 6 heteroatoms. The molecule has 1 saturated carbocycles. The van der Waals surface area contributed by atoms with Gasteiger partial charge in [-0.3, -0.25) is 4.79 Å². The highest BCUT2D eigenvalue weighted by Gasteiger charge is 2.25. The Bertz CT molecular complexity index is 456. The molecule has 1 aliphatic carbocycles. The second-order valence-corrected chi connectivity index (χ2v) is 6.00. The summed E-state index contributed by atoms with van der Waals surface area (Å²) in [6.07, 6.45) is 3.76. The van der Waals surface area contributed by atoms with E-state index in [1.807, 2.05) is 6.07 Å². The molecule has 2 unspecified atom stereocenters. The van der Waals surface area contributed by atoms with Crippen molar-refractivity contribution in [1.82, 2.24) is 0 Å². The minimum absolute atomic E-state index is 0. The van der Waals surface area contributed by atoms with Crippen LogP contribution in [0, 0.1) is 5.92 Å². The molecule has 0 heterocycles. The molecular weight excluding hydrogens is 351 g/mol. The van der Waals surface area contributed by atoms with Gasteiger partial charge in [-0.15, -0.1) is 12.4 Å². The molecule has 3 nitrogen and oxygen atoms in total. The van der Waals surface area contributed by atoms with E-state index in [2.05, 4.69) is 21.2 Å². The molecule has 106 valence electrons. The van der Waals surface area contributed by atoms with Crippen LogP contribution in [0.25, 0.3) is 0 Å². The molecule has 1 aliphatic rings. The fraction of sp³-hybridized carbons (Fsp3) is 0.462. The molecule has 2 atom stereocenters. The van der Waals surface area contributed by atoms with Crippen LogP contribution in [-0.4, -0.2) is 11.9 Å². The lowest BCUT2D eigenvalue weighted by Crippen LogP contribution is -2.34. The normalized spacial score (nSPS) is 22.5. The lowest BCUT2D eigenvalue weighted by Gasteiger charge is -2.25. The number of nitrogens with one attached hydrogen (secondary N) is 1. The summed E-state index contributed by atoms with van der Waals surface area (Å²) >= 11 is 9.25. The lowest BCUT2D eigenvalue weighted by molar-refractivity contribution is -0.120. The van der Waals surface area contributed by atoms with Crippen LogP contribution in [0.1, 0.15) is 25.7 Å². The van der Waals surface area contributed by atoms with Gasteiger partial charge < -0.3 is 11.1 Å². The average molecular weight is 368 g/mol. The first-order valence-electron chi connectivity index (χ1n) is 6.08. The first-order valence-corrected chi connectivity index (χ1v) is 7.25. The Morgan fingerprint density at radius 1 is 1.42 bits per heavy atom. The van der Waals surface area contributed by atoms with Crippen molar-refractivity contribution in [2.45, 2.75) is 31.7 Å². The number of anilines is 1. The largest absolute Gasteiger partial charge is 0.328 e. The summed E-state index contributed by atoms with van der Waals surface area (Å²) in [6, 6.07) is 5.52. The van der Waals surface area contributed by atoms with Crippen molar-refractivity contribution in [3.8, 4) is 0 Å². The number of benzene rings is 1. The number of carbonyl (C=O) groups is 1. The summed E-state index contributed by atoms with van der Waals surface area (Å²) in [4.78, 5) is 12.1. The van der Waals surface area contributed by atoms with Gasteiger partial charge in [0.2, 0.25) is 5.91 Å². The van der Waals surface area contributed by atoms with Crippen molar-refractivity contribution in [3.05, 3.63) is 27.7 Å². The monoisotopic (exact) mass is 366 g/mol. The third kappa shape index (κ3) is 4.63. The van der Waals surface area contributed by atoms with Gasteiger partial charge in [-0.2, -0.15) is 0 Å². The van der Waals surface area contributed by atoms with E-state index in [1.54, 1.807) is 12.1 Å². The zero-order valence-electron chi connectivity index (χ0n) is 10.4. The van der Waals surface area contributed by atoms with Crippen molar-refractivity contribution in [1.29, 1.82) is 0 Å². The highest BCUT2D eigenvalue weighted by Crippen LogP contribution is 2.28. The van der Waals surface area contributed by atoms with E-state index >= 15 is 0 Å². The Labute approximate surface area is 132 Å². The molecule has 0 spiro atoms. The maximum atomic E-state index is 12.1. The van der Waals surface area contributed by atoms with Crippen LogP contribution in [-0.2, 0) is 4.79 Å². The van der Waals surface area contributed by atoms with Gasteiger partial charge in [-0.05, 0) is 53.4 Å². The maximum Gasteiger partial charge on any atom is 0.227 e. The Morgan fingerprint density at radius 3 is 2.79 bits per heavy atom. The Balaban J connectivity index is 0.00000180. The number of carbonyl (C=O) groups excluding carboxylic acids is 1. The van der Waals surface area contributed by atoms with Crippen LogP contribution in [0.15, 0.2) is 22.7 Å². The van der Waals surface area contributed by atoms with E-state index in [-0.39, 0.29) is 30.3 Å². The average Bonchev–Trinajstić information content (AvgIpc) is 2.34. The second-order valence-electron chi connectivity index (χ2n) is 4.74. The molecule has 1 fully saturated rings. The van der Waals surface area contributed by atoms with Crippen molar-refractivity contribution >= 4 is 51.5 Å². The third-order valence-corrected chi connectivity index (χ3v) is 4.49. The van der Waals surface area contributed by atoms with E-state index in [4.69, 9.17) is 17.3 Å². The van der Waals surface area contributed by atoms with E-state index in [1.165, 1.54) is 0 Å². The predicted molar refractivity (Wildman–Crippen MR) is 85.0 cm³/mol. The SMILES string of the molecule is Cl.NC1CCCC(C(=O)Nc2ccc(Cl)c(Br)c2)C1. The van der Waals surface area contributed by atoms with Crippen molar-refractivity contribution in [3.63, 3.8) is 0 Å². The summed E-state index contributed by atoms with van der Waals surface area (Å²) in [7, 11) is 0. The first-order chi connectivity index (χ1) is 8.56. The van der Waals surface area contributed by atoms with E-state index in [0.29, 0.717) is 5.02 Å². The quantitative estimate of drug-likeness (QED) is 0.830. The number of nitrogens with two attached hydrogens (primary N) is 1. The predicted octanol–water partition coefficient (Wildman–Crippen LogP) is 3.98. The summed E-state index contributed by atoms with van der Waals surface area (Å²) in [6.45, 7) is 0. The molecular formula is C13H17BrCl2N2O. The van der Waals surface area contributed by atoms with Crippen molar-refractivity contribution in [2.24, 2.45) is 11.7 Å². The number of hydrogen-bond donors (Lipinski definition) is 2. The van der Waals surface area contributed by atoms with E-state index in [9.17, 15) is 4.79 Å². The van der Waals surface area contributed by atoms with Crippen molar-refractivity contribution < 1.29 is 4.79 Å². The molecule has 1 amide bonds. The molecule has 3 N–H and O–H groups in total. The van der Waals surface area contributed by atoms with Gasteiger partial charge in [-0.1, -0.05) is 18.0 Å². The molecule has 0 bridgehead atoms. The fourth-order valence-electron chi connectivity index (χ4n) is 2.28. The lowest BCUT2D eigenvalue weighted by atomic mass is 9.85. The number of halogens is 3. The van der Waals surface area contributed by atoms with Crippen LogP contribution in [0.3, 0.4) is 0 Å². The molecule has 0 aromatic heterocycles. The topological polar surface area (TPSA) is 55.1 Å².